The number of ketones is 2. The third kappa shape index (κ3) is 3.69. The van der Waals surface area contributed by atoms with Crippen molar-refractivity contribution in [1.29, 1.82) is 5.26 Å². The maximum atomic E-state index is 14.4. The van der Waals surface area contributed by atoms with E-state index in [0.717, 1.165) is 24.8 Å². The zero-order chi connectivity index (χ0) is 29.9. The summed E-state index contributed by atoms with van der Waals surface area (Å²) in [7, 11) is 0. The van der Waals surface area contributed by atoms with Gasteiger partial charge in [0.05, 0.1) is 5.57 Å². The Morgan fingerprint density at radius 1 is 1.02 bits per heavy atom. The molecule has 1 amide bonds. The molecule has 7 atom stereocenters. The Kier molecular flexibility index (Phi) is 6.09. The van der Waals surface area contributed by atoms with Gasteiger partial charge in [-0.2, -0.15) is 14.0 Å². The number of rotatable bonds is 2. The molecule has 0 bridgehead atoms. The summed E-state index contributed by atoms with van der Waals surface area (Å²) >= 11 is 0. The minimum Gasteiger partial charge on any atom is -0.345 e. The number of hydrogen-bond acceptors (Lipinski definition) is 4. The maximum absolute atomic E-state index is 14.4. The van der Waals surface area contributed by atoms with Gasteiger partial charge in [0.2, 0.25) is 0 Å². The van der Waals surface area contributed by atoms with Crippen molar-refractivity contribution in [2.24, 2.45) is 44.8 Å². The summed E-state index contributed by atoms with van der Waals surface area (Å²) < 4.78 is 28.3. The molecule has 3 fully saturated rings. The molecule has 0 saturated heterocycles. The zero-order valence-corrected chi connectivity index (χ0v) is 25.3. The number of nitrogens with one attached hydrogen (secondary N) is 1. The molecule has 0 spiro atoms. The van der Waals surface area contributed by atoms with Gasteiger partial charge in [0.1, 0.15) is 6.07 Å². The standard InChI is InChI=1S/C33H44F2N2O3/c1-27(2)11-13-33(37-26(40)32(8,34)35)14-12-31(7)24(20(33)17-27)21(38)15-23-29(5)16-19(18-36)25(39)28(3,4)22(29)9-10-30(23,31)6/h15-16,20,22,24H,9-14,17H2,1-8H3,(H,37,40)/t20-,22-,24-,29+,30-,31+,33+/m0/s1. The highest BCUT2D eigenvalue weighted by Crippen LogP contribution is 2.73. The lowest BCUT2D eigenvalue weighted by Crippen LogP contribution is -2.70. The number of carbonyl (C=O) groups is 3. The third-order valence-electron chi connectivity index (χ3n) is 12.6. The van der Waals surface area contributed by atoms with Crippen molar-refractivity contribution >= 4 is 17.5 Å². The molecule has 5 aliphatic carbocycles. The summed E-state index contributed by atoms with van der Waals surface area (Å²) in [6.07, 6.45) is 8.42. The third-order valence-corrected chi connectivity index (χ3v) is 12.6. The second-order valence-corrected chi connectivity index (χ2v) is 15.8. The van der Waals surface area contributed by atoms with E-state index in [1.807, 2.05) is 19.9 Å². The second-order valence-electron chi connectivity index (χ2n) is 15.8. The molecule has 218 valence electrons. The topological polar surface area (TPSA) is 87.0 Å². The summed E-state index contributed by atoms with van der Waals surface area (Å²) in [5, 5.41) is 12.7. The molecular formula is C33H44F2N2O3. The molecule has 5 aliphatic rings. The van der Waals surface area contributed by atoms with E-state index >= 15 is 0 Å². The van der Waals surface area contributed by atoms with E-state index in [9.17, 15) is 28.4 Å². The van der Waals surface area contributed by atoms with Gasteiger partial charge in [0, 0.05) is 29.2 Å². The van der Waals surface area contributed by atoms with Crippen molar-refractivity contribution in [3.63, 3.8) is 0 Å². The Morgan fingerprint density at radius 3 is 2.25 bits per heavy atom. The fourth-order valence-corrected chi connectivity index (χ4v) is 10.2. The highest BCUT2D eigenvalue weighted by Gasteiger charge is 2.70. The van der Waals surface area contributed by atoms with Crippen LogP contribution in [0.1, 0.15) is 100 Å². The van der Waals surface area contributed by atoms with Gasteiger partial charge >= 0.3 is 5.92 Å². The van der Waals surface area contributed by atoms with Crippen LogP contribution >= 0.6 is 0 Å². The lowest BCUT2D eigenvalue weighted by Gasteiger charge is -2.69. The first-order valence-corrected chi connectivity index (χ1v) is 14.8. The number of halogens is 2. The molecule has 0 heterocycles. The average Bonchev–Trinajstić information content (AvgIpc) is 2.83. The van der Waals surface area contributed by atoms with Crippen molar-refractivity contribution < 1.29 is 23.2 Å². The molecular weight excluding hydrogens is 510 g/mol. The zero-order valence-electron chi connectivity index (χ0n) is 25.3. The minimum absolute atomic E-state index is 0.0113. The first-order chi connectivity index (χ1) is 18.2. The van der Waals surface area contributed by atoms with Crippen molar-refractivity contribution in [3.05, 3.63) is 23.3 Å². The van der Waals surface area contributed by atoms with Crippen LogP contribution in [0.15, 0.2) is 23.3 Å². The smallest absolute Gasteiger partial charge is 0.321 e. The van der Waals surface area contributed by atoms with Gasteiger partial charge in [-0.1, -0.05) is 60.1 Å². The number of nitrogens with zero attached hydrogens (tertiary/aromatic N) is 1. The van der Waals surface area contributed by atoms with Crippen LogP contribution < -0.4 is 5.32 Å². The highest BCUT2D eigenvalue weighted by atomic mass is 19.3. The van der Waals surface area contributed by atoms with E-state index in [-0.39, 0.29) is 34.4 Å². The largest absolute Gasteiger partial charge is 0.345 e. The van der Waals surface area contributed by atoms with Crippen LogP contribution in [0, 0.1) is 56.2 Å². The fraction of sp³-hybridized carbons (Fsp3) is 0.758. The fourth-order valence-electron chi connectivity index (χ4n) is 10.2. The Balaban J connectivity index is 1.67. The van der Waals surface area contributed by atoms with E-state index in [4.69, 9.17) is 0 Å². The number of hydrogen-bond donors (Lipinski definition) is 1. The lowest BCUT2D eigenvalue weighted by atomic mass is 9.35. The van der Waals surface area contributed by atoms with Gasteiger partial charge in [0.15, 0.2) is 11.6 Å². The molecule has 0 aromatic carbocycles. The van der Waals surface area contributed by atoms with E-state index in [1.165, 1.54) is 0 Å². The van der Waals surface area contributed by atoms with E-state index in [2.05, 4.69) is 46.0 Å². The monoisotopic (exact) mass is 554 g/mol. The number of amides is 1. The number of nitriles is 1. The molecule has 0 aliphatic heterocycles. The molecule has 40 heavy (non-hydrogen) atoms. The van der Waals surface area contributed by atoms with Gasteiger partial charge in [-0.15, -0.1) is 0 Å². The molecule has 0 aromatic rings. The predicted octanol–water partition coefficient (Wildman–Crippen LogP) is 6.73. The number of carbonyl (C=O) groups excluding carboxylic acids is 3. The molecule has 5 nitrogen and oxygen atoms in total. The van der Waals surface area contributed by atoms with Crippen LogP contribution in [0.5, 0.6) is 0 Å². The normalized spacial score (nSPS) is 43.6. The Morgan fingerprint density at radius 2 is 1.65 bits per heavy atom. The Bertz CT molecular complexity index is 1300. The Hall–Kier alpha value is -2.36. The highest BCUT2D eigenvalue weighted by molar-refractivity contribution is 6.04. The molecule has 1 N–H and O–H groups in total. The van der Waals surface area contributed by atoms with Crippen LogP contribution in [0.2, 0.25) is 0 Å². The van der Waals surface area contributed by atoms with Crippen LogP contribution in [-0.4, -0.2) is 28.9 Å². The van der Waals surface area contributed by atoms with Crippen molar-refractivity contribution in [2.75, 3.05) is 0 Å². The minimum atomic E-state index is -3.49. The first kappa shape index (κ1) is 29.1. The number of allylic oxidation sites excluding steroid dienone is 4. The van der Waals surface area contributed by atoms with Gasteiger partial charge in [-0.3, -0.25) is 14.4 Å². The van der Waals surface area contributed by atoms with E-state index < -0.39 is 44.9 Å². The number of alkyl halides is 2. The quantitative estimate of drug-likeness (QED) is 0.410. The summed E-state index contributed by atoms with van der Waals surface area (Å²) in [6, 6.07) is 2.13. The van der Waals surface area contributed by atoms with Crippen LogP contribution in [0.3, 0.4) is 0 Å². The lowest BCUT2D eigenvalue weighted by molar-refractivity contribution is -0.168. The number of fused-ring (bicyclic) bond motifs is 7. The van der Waals surface area contributed by atoms with Gasteiger partial charge in [0.25, 0.3) is 5.91 Å². The second kappa shape index (κ2) is 8.35. The molecule has 3 saturated carbocycles. The maximum Gasteiger partial charge on any atom is 0.321 e. The molecule has 0 aromatic heterocycles. The molecule has 0 unspecified atom stereocenters. The van der Waals surface area contributed by atoms with Crippen LogP contribution in [0.4, 0.5) is 8.78 Å². The molecule has 0 radical (unpaired) electrons. The summed E-state index contributed by atoms with van der Waals surface area (Å²) in [6.45, 7) is 15.3. The first-order valence-electron chi connectivity index (χ1n) is 14.8. The van der Waals surface area contributed by atoms with Crippen LogP contribution in [-0.2, 0) is 14.4 Å². The SMILES string of the molecule is CC1(C)CC[C@@]2(NC(=O)C(C)(F)F)CC[C@]3(C)[C@H](C(=O)C=C4[C@]5(C)C=C(C#N)C(=O)C(C)(C)[C@@H]5CC[C@@]43C)[C@@H]2C1. The summed E-state index contributed by atoms with van der Waals surface area (Å²) in [5.74, 6) is -5.62. The van der Waals surface area contributed by atoms with Crippen molar-refractivity contribution in [2.45, 2.75) is 112 Å². The summed E-state index contributed by atoms with van der Waals surface area (Å²) in [5.41, 5.74) is -1.98. The van der Waals surface area contributed by atoms with Gasteiger partial charge < -0.3 is 5.32 Å². The molecule has 7 heteroatoms. The van der Waals surface area contributed by atoms with Crippen LogP contribution in [0.25, 0.3) is 0 Å². The predicted molar refractivity (Wildman–Crippen MR) is 148 cm³/mol. The molecule has 5 rings (SSSR count). The van der Waals surface area contributed by atoms with Crippen molar-refractivity contribution in [1.82, 2.24) is 5.32 Å². The van der Waals surface area contributed by atoms with E-state index in [0.29, 0.717) is 32.6 Å². The van der Waals surface area contributed by atoms with Gasteiger partial charge in [-0.05, 0) is 79.1 Å². The number of Topliss-reactive ketones (excluding diaryl/α,β-unsaturated/α-hetero) is 1. The summed E-state index contributed by atoms with van der Waals surface area (Å²) in [4.78, 5) is 40.3. The Labute approximate surface area is 237 Å². The average molecular weight is 555 g/mol. The van der Waals surface area contributed by atoms with Gasteiger partial charge in [-0.25, -0.2) is 0 Å². The van der Waals surface area contributed by atoms with E-state index in [1.54, 1.807) is 6.08 Å². The van der Waals surface area contributed by atoms with Crippen molar-refractivity contribution in [3.8, 4) is 6.07 Å².